The Morgan fingerprint density at radius 2 is 1.76 bits per heavy atom. The maximum atomic E-state index is 6.38. The highest BCUT2D eigenvalue weighted by atomic mass is 35.5. The molecule has 1 saturated carbocycles. The largest absolute Gasteiger partial charge is 0.295 e. The van der Waals surface area contributed by atoms with E-state index in [9.17, 15) is 0 Å². The van der Waals surface area contributed by atoms with Crippen LogP contribution in [0.4, 0.5) is 0 Å². The Balaban J connectivity index is 1.45. The number of pyridine rings is 1. The standard InChI is InChI=1S/C22H23Cl2N5/c1-28-12-16-11-17(23)8-9-19(16)29-20(13-28)26-27-22(29)15-6-4-14(5-7-15)21-18(24)3-2-10-25-21/h2-3,8-11,14-15H,4-7,12-13H2,1H3. The molecule has 1 aliphatic heterocycles. The van der Waals surface area contributed by atoms with E-state index < -0.39 is 0 Å². The van der Waals surface area contributed by atoms with Crippen molar-refractivity contribution < 1.29 is 0 Å². The Labute approximate surface area is 180 Å². The average Bonchev–Trinajstić information content (AvgIpc) is 3.06. The van der Waals surface area contributed by atoms with Crippen LogP contribution in [0, 0.1) is 0 Å². The molecule has 3 heterocycles. The molecular weight excluding hydrogens is 405 g/mol. The van der Waals surface area contributed by atoms with Crippen molar-refractivity contribution in [3.63, 3.8) is 0 Å². The molecule has 0 spiro atoms. The molecule has 150 valence electrons. The van der Waals surface area contributed by atoms with Crippen LogP contribution in [0.25, 0.3) is 5.69 Å². The lowest BCUT2D eigenvalue weighted by Crippen LogP contribution is -2.17. The minimum Gasteiger partial charge on any atom is -0.295 e. The van der Waals surface area contributed by atoms with Gasteiger partial charge in [0.25, 0.3) is 0 Å². The summed E-state index contributed by atoms with van der Waals surface area (Å²) in [5.41, 5.74) is 3.41. The molecule has 5 nitrogen and oxygen atoms in total. The summed E-state index contributed by atoms with van der Waals surface area (Å²) in [6, 6.07) is 9.95. The second kappa shape index (κ2) is 7.71. The van der Waals surface area contributed by atoms with E-state index in [1.165, 1.54) is 5.56 Å². The first kappa shape index (κ1) is 19.0. The minimum absolute atomic E-state index is 0.391. The molecule has 29 heavy (non-hydrogen) atoms. The fraction of sp³-hybridized carbons (Fsp3) is 0.409. The number of nitrogens with zero attached hydrogens (tertiary/aromatic N) is 5. The zero-order valence-electron chi connectivity index (χ0n) is 16.4. The van der Waals surface area contributed by atoms with Gasteiger partial charge in [-0.25, -0.2) is 0 Å². The normalized spacial score (nSPS) is 22.0. The van der Waals surface area contributed by atoms with E-state index in [4.69, 9.17) is 23.2 Å². The van der Waals surface area contributed by atoms with Gasteiger partial charge in [0, 0.05) is 29.6 Å². The Kier molecular flexibility index (Phi) is 5.06. The van der Waals surface area contributed by atoms with Crippen molar-refractivity contribution >= 4 is 23.2 Å². The fourth-order valence-electron chi connectivity index (χ4n) is 4.77. The number of benzene rings is 1. The summed E-state index contributed by atoms with van der Waals surface area (Å²) in [6.45, 7) is 1.63. The summed E-state index contributed by atoms with van der Waals surface area (Å²) in [5.74, 6) is 2.88. The molecule has 0 N–H and O–H groups in total. The lowest BCUT2D eigenvalue weighted by molar-refractivity contribution is 0.315. The summed E-state index contributed by atoms with van der Waals surface area (Å²) >= 11 is 12.7. The molecule has 1 aromatic carbocycles. The summed E-state index contributed by atoms with van der Waals surface area (Å²) in [6.07, 6.45) is 6.10. The van der Waals surface area contributed by atoms with E-state index in [1.54, 1.807) is 0 Å². The maximum absolute atomic E-state index is 6.38. The summed E-state index contributed by atoms with van der Waals surface area (Å²) in [5, 5.41) is 10.8. The second-order valence-electron chi connectivity index (χ2n) is 8.17. The van der Waals surface area contributed by atoms with Crippen LogP contribution in [0.3, 0.4) is 0 Å². The smallest absolute Gasteiger partial charge is 0.151 e. The van der Waals surface area contributed by atoms with Crippen LogP contribution in [-0.2, 0) is 13.1 Å². The number of hydrogen-bond acceptors (Lipinski definition) is 4. The Morgan fingerprint density at radius 1 is 0.966 bits per heavy atom. The molecule has 0 atom stereocenters. The van der Waals surface area contributed by atoms with Gasteiger partial charge in [-0.05, 0) is 68.6 Å². The van der Waals surface area contributed by atoms with Gasteiger partial charge in [-0.2, -0.15) is 0 Å². The van der Waals surface area contributed by atoms with Gasteiger partial charge in [-0.1, -0.05) is 23.2 Å². The van der Waals surface area contributed by atoms with Crippen molar-refractivity contribution in [1.29, 1.82) is 0 Å². The number of rotatable bonds is 2. The van der Waals surface area contributed by atoms with Crippen LogP contribution in [-0.4, -0.2) is 31.7 Å². The predicted molar refractivity (Wildman–Crippen MR) is 115 cm³/mol. The van der Waals surface area contributed by atoms with Crippen LogP contribution < -0.4 is 0 Å². The first-order valence-corrected chi connectivity index (χ1v) is 10.9. The molecule has 0 bridgehead atoms. The molecule has 1 fully saturated rings. The van der Waals surface area contributed by atoms with Crippen molar-refractivity contribution in [3.8, 4) is 5.69 Å². The lowest BCUT2D eigenvalue weighted by atomic mass is 9.80. The van der Waals surface area contributed by atoms with Crippen molar-refractivity contribution in [2.24, 2.45) is 0 Å². The van der Waals surface area contributed by atoms with Crippen molar-refractivity contribution in [3.05, 3.63) is 69.5 Å². The monoisotopic (exact) mass is 427 g/mol. The van der Waals surface area contributed by atoms with Crippen molar-refractivity contribution in [2.75, 3.05) is 7.05 Å². The van der Waals surface area contributed by atoms with Gasteiger partial charge in [0.05, 0.1) is 22.9 Å². The van der Waals surface area contributed by atoms with E-state index >= 15 is 0 Å². The summed E-state index contributed by atoms with van der Waals surface area (Å²) < 4.78 is 2.27. The predicted octanol–water partition coefficient (Wildman–Crippen LogP) is 5.36. The van der Waals surface area contributed by atoms with Crippen LogP contribution in [0.2, 0.25) is 10.0 Å². The van der Waals surface area contributed by atoms with E-state index in [0.717, 1.165) is 71.8 Å². The fourth-order valence-corrected chi connectivity index (χ4v) is 5.24. The van der Waals surface area contributed by atoms with Gasteiger partial charge >= 0.3 is 0 Å². The molecule has 3 aromatic rings. The first-order valence-electron chi connectivity index (χ1n) is 10.1. The Hall–Kier alpha value is -1.95. The van der Waals surface area contributed by atoms with Gasteiger partial charge in [0.2, 0.25) is 0 Å². The van der Waals surface area contributed by atoms with Crippen molar-refractivity contribution in [2.45, 2.75) is 50.6 Å². The van der Waals surface area contributed by atoms with E-state index in [2.05, 4.69) is 43.8 Å². The first-order chi connectivity index (χ1) is 14.1. The molecule has 0 radical (unpaired) electrons. The van der Waals surface area contributed by atoms with Crippen LogP contribution in [0.5, 0.6) is 0 Å². The van der Waals surface area contributed by atoms with Crippen LogP contribution in [0.1, 0.15) is 60.4 Å². The van der Waals surface area contributed by atoms with Gasteiger partial charge in [0.1, 0.15) is 5.82 Å². The SMILES string of the molecule is CN1Cc2cc(Cl)ccc2-n2c(nnc2C2CCC(c3ncccc3Cl)CC2)C1. The zero-order chi connectivity index (χ0) is 20.0. The Bertz CT molecular complexity index is 1040. The van der Waals surface area contributed by atoms with Gasteiger partial charge in [0.15, 0.2) is 5.82 Å². The summed E-state index contributed by atoms with van der Waals surface area (Å²) in [7, 11) is 2.11. The second-order valence-corrected chi connectivity index (χ2v) is 9.02. The number of hydrogen-bond donors (Lipinski definition) is 0. The highest BCUT2D eigenvalue weighted by Gasteiger charge is 2.31. The number of aromatic nitrogens is 4. The number of halogens is 2. The van der Waals surface area contributed by atoms with Gasteiger partial charge in [-0.15, -0.1) is 10.2 Å². The van der Waals surface area contributed by atoms with E-state index in [-0.39, 0.29) is 0 Å². The molecule has 0 saturated heterocycles. The molecule has 2 aliphatic rings. The van der Waals surface area contributed by atoms with E-state index in [1.807, 2.05) is 24.4 Å². The van der Waals surface area contributed by atoms with Crippen LogP contribution in [0.15, 0.2) is 36.5 Å². The maximum Gasteiger partial charge on any atom is 0.151 e. The topological polar surface area (TPSA) is 46.8 Å². The zero-order valence-corrected chi connectivity index (χ0v) is 17.9. The van der Waals surface area contributed by atoms with Gasteiger partial charge < -0.3 is 0 Å². The van der Waals surface area contributed by atoms with E-state index in [0.29, 0.717) is 11.8 Å². The molecule has 1 aliphatic carbocycles. The highest BCUT2D eigenvalue weighted by molar-refractivity contribution is 6.31. The molecule has 0 amide bonds. The quantitative estimate of drug-likeness (QED) is 0.552. The average molecular weight is 428 g/mol. The lowest BCUT2D eigenvalue weighted by Gasteiger charge is -2.28. The third-order valence-electron chi connectivity index (χ3n) is 6.16. The van der Waals surface area contributed by atoms with Crippen molar-refractivity contribution in [1.82, 2.24) is 24.6 Å². The Morgan fingerprint density at radius 3 is 2.55 bits per heavy atom. The molecule has 2 aromatic heterocycles. The summed E-state index contributed by atoms with van der Waals surface area (Å²) in [4.78, 5) is 6.79. The minimum atomic E-state index is 0.391. The third-order valence-corrected chi connectivity index (χ3v) is 6.71. The van der Waals surface area contributed by atoms with Crippen LogP contribution >= 0.6 is 23.2 Å². The molecule has 7 heteroatoms. The molecule has 5 rings (SSSR count). The molecular formula is C22H23Cl2N5. The number of fused-ring (bicyclic) bond motifs is 3. The highest BCUT2D eigenvalue weighted by Crippen LogP contribution is 2.42. The third kappa shape index (κ3) is 3.56. The molecule has 0 unspecified atom stereocenters. The van der Waals surface area contributed by atoms with Gasteiger partial charge in [-0.3, -0.25) is 14.5 Å².